The van der Waals surface area contributed by atoms with E-state index in [1.165, 1.54) is 0 Å². The summed E-state index contributed by atoms with van der Waals surface area (Å²) in [6.07, 6.45) is 2.38. The van der Waals surface area contributed by atoms with Crippen molar-refractivity contribution in [1.82, 2.24) is 4.90 Å². The lowest BCUT2D eigenvalue weighted by molar-refractivity contribution is -0.120. The van der Waals surface area contributed by atoms with E-state index in [9.17, 15) is 14.4 Å². The quantitative estimate of drug-likeness (QED) is 0.460. The number of Topliss-reactive ketones (excluding diaryl/α,β-unsaturated/α-hetero) is 2. The molecule has 0 radical (unpaired) electrons. The van der Waals surface area contributed by atoms with E-state index in [0.717, 1.165) is 46.6 Å². The summed E-state index contributed by atoms with van der Waals surface area (Å²) in [5.41, 5.74) is 6.80. The summed E-state index contributed by atoms with van der Waals surface area (Å²) in [6.45, 7) is 12.4. The minimum absolute atomic E-state index is 0.0783. The summed E-state index contributed by atoms with van der Waals surface area (Å²) >= 11 is 0. The highest BCUT2D eigenvalue weighted by Gasteiger charge is 2.48. The highest BCUT2D eigenvalue weighted by molar-refractivity contribution is 6.07. The van der Waals surface area contributed by atoms with Gasteiger partial charge in [-0.05, 0) is 66.8 Å². The van der Waals surface area contributed by atoms with Crippen LogP contribution >= 0.6 is 0 Å². The molecule has 6 heteroatoms. The molecule has 1 aliphatic heterocycles. The van der Waals surface area contributed by atoms with Crippen LogP contribution in [0.3, 0.4) is 0 Å². The fourth-order valence-corrected chi connectivity index (χ4v) is 6.49. The summed E-state index contributed by atoms with van der Waals surface area (Å²) in [5, 5.41) is 2.91. The van der Waals surface area contributed by atoms with Gasteiger partial charge in [0.25, 0.3) is 5.91 Å². The molecule has 0 saturated carbocycles. The molecule has 0 unspecified atom stereocenters. The van der Waals surface area contributed by atoms with Crippen molar-refractivity contribution in [3.8, 4) is 5.75 Å². The second-order valence-corrected chi connectivity index (χ2v) is 13.3. The number of carbonyl (C=O) groups excluding carboxylic acids is 3. The Labute approximate surface area is 237 Å². The summed E-state index contributed by atoms with van der Waals surface area (Å²) in [6, 6.07) is 13.3. The molecule has 2 aliphatic carbocycles. The predicted molar refractivity (Wildman–Crippen MR) is 157 cm³/mol. The number of nitrogens with zero attached hydrogens (tertiary/aromatic N) is 1. The molecular formula is C34H40N2O4. The molecule has 1 amide bonds. The maximum atomic E-state index is 13.8. The van der Waals surface area contributed by atoms with Crippen LogP contribution in [0.15, 0.2) is 65.0 Å². The first-order valence-electron chi connectivity index (χ1n) is 14.1. The maximum Gasteiger partial charge on any atom is 0.262 e. The SMILES string of the molecule is Cc1ccc(NC(=O)COc2ccccc2C2C3=C(CC(C)(C)CC3=O)N(C)C3=C2C(=O)CC(C)(C)C3)cc1C. The molecule has 0 saturated heterocycles. The van der Waals surface area contributed by atoms with Gasteiger partial charge in [0.2, 0.25) is 0 Å². The molecule has 0 atom stereocenters. The molecule has 0 fully saturated rings. The maximum absolute atomic E-state index is 13.8. The summed E-state index contributed by atoms with van der Waals surface area (Å²) in [7, 11) is 2.00. The van der Waals surface area contributed by atoms with E-state index in [1.807, 2.05) is 63.4 Å². The van der Waals surface area contributed by atoms with Gasteiger partial charge in [-0.2, -0.15) is 0 Å². The Morgan fingerprint density at radius 3 is 2.02 bits per heavy atom. The van der Waals surface area contributed by atoms with Gasteiger partial charge in [0.1, 0.15) is 5.75 Å². The zero-order valence-corrected chi connectivity index (χ0v) is 24.7. The smallest absolute Gasteiger partial charge is 0.262 e. The van der Waals surface area contributed by atoms with Crippen molar-refractivity contribution >= 4 is 23.2 Å². The fraction of sp³-hybridized carbons (Fsp3) is 0.441. The van der Waals surface area contributed by atoms with Gasteiger partial charge in [0, 0.05) is 59.6 Å². The molecule has 40 heavy (non-hydrogen) atoms. The van der Waals surface area contributed by atoms with Crippen LogP contribution in [0.5, 0.6) is 5.75 Å². The third kappa shape index (κ3) is 5.24. The van der Waals surface area contributed by atoms with E-state index in [0.29, 0.717) is 29.7 Å². The number of amides is 1. The number of aryl methyl sites for hydroxylation is 2. The Bertz CT molecular complexity index is 1420. The van der Waals surface area contributed by atoms with Crippen LogP contribution in [0, 0.1) is 24.7 Å². The van der Waals surface area contributed by atoms with Crippen LogP contribution in [0.4, 0.5) is 5.69 Å². The van der Waals surface area contributed by atoms with Crippen molar-refractivity contribution in [1.29, 1.82) is 0 Å². The lowest BCUT2D eigenvalue weighted by atomic mass is 9.63. The number of hydrogen-bond acceptors (Lipinski definition) is 5. The molecule has 6 nitrogen and oxygen atoms in total. The molecule has 0 spiro atoms. The third-order valence-corrected chi connectivity index (χ3v) is 8.56. The van der Waals surface area contributed by atoms with Gasteiger partial charge < -0.3 is 15.0 Å². The average Bonchev–Trinajstić information content (AvgIpc) is 2.85. The van der Waals surface area contributed by atoms with E-state index in [4.69, 9.17) is 4.74 Å². The molecule has 3 aliphatic rings. The minimum Gasteiger partial charge on any atom is -0.483 e. The van der Waals surface area contributed by atoms with Crippen molar-refractivity contribution in [3.05, 3.63) is 81.7 Å². The molecular weight excluding hydrogens is 500 g/mol. The first kappa shape index (κ1) is 27.9. The molecule has 2 aromatic rings. The van der Waals surface area contributed by atoms with E-state index < -0.39 is 5.92 Å². The van der Waals surface area contributed by atoms with E-state index in [1.54, 1.807) is 0 Å². The van der Waals surface area contributed by atoms with E-state index in [2.05, 4.69) is 37.9 Å². The van der Waals surface area contributed by atoms with Crippen LogP contribution in [0.1, 0.15) is 76.0 Å². The Morgan fingerprint density at radius 2 is 1.45 bits per heavy atom. The molecule has 1 heterocycles. The van der Waals surface area contributed by atoms with Crippen molar-refractivity contribution in [3.63, 3.8) is 0 Å². The van der Waals surface area contributed by atoms with Gasteiger partial charge in [-0.3, -0.25) is 14.4 Å². The lowest BCUT2D eigenvalue weighted by Crippen LogP contribution is -2.43. The second kappa shape index (κ2) is 10.1. The Balaban J connectivity index is 1.52. The Kier molecular flexibility index (Phi) is 7.01. The number of benzene rings is 2. The van der Waals surface area contributed by atoms with Crippen molar-refractivity contribution < 1.29 is 19.1 Å². The van der Waals surface area contributed by atoms with Gasteiger partial charge in [-0.25, -0.2) is 0 Å². The molecule has 2 aromatic carbocycles. The largest absolute Gasteiger partial charge is 0.483 e. The summed E-state index contributed by atoms with van der Waals surface area (Å²) < 4.78 is 6.12. The number of anilines is 1. The summed E-state index contributed by atoms with van der Waals surface area (Å²) in [4.78, 5) is 42.6. The average molecular weight is 541 g/mol. The van der Waals surface area contributed by atoms with Crippen LogP contribution in [-0.4, -0.2) is 36.0 Å². The van der Waals surface area contributed by atoms with Crippen molar-refractivity contribution in [2.45, 2.75) is 73.1 Å². The first-order valence-corrected chi connectivity index (χ1v) is 14.1. The van der Waals surface area contributed by atoms with Crippen LogP contribution in [0.25, 0.3) is 0 Å². The molecule has 5 rings (SSSR count). The minimum atomic E-state index is -0.507. The van der Waals surface area contributed by atoms with Crippen molar-refractivity contribution in [2.75, 3.05) is 19.0 Å². The van der Waals surface area contributed by atoms with Gasteiger partial charge in [0.05, 0.1) is 0 Å². The highest BCUT2D eigenvalue weighted by atomic mass is 16.5. The monoisotopic (exact) mass is 540 g/mol. The first-order chi connectivity index (χ1) is 18.8. The predicted octanol–water partition coefficient (Wildman–Crippen LogP) is 6.64. The van der Waals surface area contributed by atoms with Gasteiger partial charge in [-0.15, -0.1) is 0 Å². The number of allylic oxidation sites excluding steroid dienone is 4. The second-order valence-electron chi connectivity index (χ2n) is 13.3. The van der Waals surface area contributed by atoms with Crippen molar-refractivity contribution in [2.24, 2.45) is 10.8 Å². The van der Waals surface area contributed by atoms with Gasteiger partial charge in [-0.1, -0.05) is 52.0 Å². The van der Waals surface area contributed by atoms with E-state index >= 15 is 0 Å². The topological polar surface area (TPSA) is 75.7 Å². The van der Waals surface area contributed by atoms with E-state index in [-0.39, 0.29) is 34.9 Å². The normalized spacial score (nSPS) is 20.3. The zero-order chi connectivity index (χ0) is 29.0. The Morgan fingerprint density at radius 1 is 0.875 bits per heavy atom. The van der Waals surface area contributed by atoms with Gasteiger partial charge in [0.15, 0.2) is 18.2 Å². The number of carbonyl (C=O) groups is 3. The number of ketones is 2. The summed E-state index contributed by atoms with van der Waals surface area (Å²) in [5.74, 6) is -0.106. The van der Waals surface area contributed by atoms with Crippen LogP contribution < -0.4 is 10.1 Å². The fourth-order valence-electron chi connectivity index (χ4n) is 6.49. The lowest BCUT2D eigenvalue weighted by Gasteiger charge is -2.48. The third-order valence-electron chi connectivity index (χ3n) is 8.56. The molecule has 0 aromatic heterocycles. The number of rotatable bonds is 5. The highest BCUT2D eigenvalue weighted by Crippen LogP contribution is 2.54. The number of nitrogens with one attached hydrogen (secondary N) is 1. The zero-order valence-electron chi connectivity index (χ0n) is 24.7. The number of ether oxygens (including phenoxy) is 1. The standard InChI is InChI=1S/C34H40N2O4/c1-20-12-13-22(14-21(20)2)35-29(39)19-40-28-11-9-8-10-23(28)30-31-24(15-33(3,4)17-26(31)37)36(7)25-16-34(5,6)18-27(38)32(25)30/h8-14,30H,15-19H2,1-7H3,(H,35,39). The molecule has 1 N–H and O–H groups in total. The molecule has 210 valence electrons. The van der Waals surface area contributed by atoms with Crippen LogP contribution in [0.2, 0.25) is 0 Å². The van der Waals surface area contributed by atoms with Gasteiger partial charge >= 0.3 is 0 Å². The van der Waals surface area contributed by atoms with Crippen LogP contribution in [-0.2, 0) is 14.4 Å². The number of para-hydroxylation sites is 1. The number of hydrogen-bond donors (Lipinski definition) is 1. The Hall–Kier alpha value is -3.67. The molecule has 0 bridgehead atoms.